The summed E-state index contributed by atoms with van der Waals surface area (Å²) in [5.74, 6) is 0. The minimum absolute atomic E-state index is 0. The van der Waals surface area contributed by atoms with Crippen LogP contribution in [0.5, 0.6) is 0 Å². The average molecular weight is 424 g/mol. The third-order valence-electron chi connectivity index (χ3n) is 3.47. The van der Waals surface area contributed by atoms with E-state index in [9.17, 15) is 0 Å². The van der Waals surface area contributed by atoms with Crippen LogP contribution in [0.3, 0.4) is 0 Å². The molecular formula is C9H18I2N2O. The summed E-state index contributed by atoms with van der Waals surface area (Å²) in [5, 5.41) is 0. The molecule has 2 saturated heterocycles. The van der Waals surface area contributed by atoms with Crippen molar-refractivity contribution in [2.24, 2.45) is 0 Å². The molecule has 2 heterocycles. The van der Waals surface area contributed by atoms with Crippen molar-refractivity contribution in [3.63, 3.8) is 0 Å². The van der Waals surface area contributed by atoms with Gasteiger partial charge in [0.2, 0.25) is 0 Å². The van der Waals surface area contributed by atoms with Gasteiger partial charge in [0.1, 0.15) is 12.6 Å². The smallest absolute Gasteiger partial charge is 0.183 e. The highest BCUT2D eigenvalue weighted by Crippen LogP contribution is 2.25. The van der Waals surface area contributed by atoms with Gasteiger partial charge in [-0.2, -0.15) is 0 Å². The van der Waals surface area contributed by atoms with Gasteiger partial charge in [-0.3, -0.25) is 9.38 Å². The van der Waals surface area contributed by atoms with Crippen LogP contribution in [0, 0.1) is 0 Å². The normalized spacial score (nSPS) is 31.7. The van der Waals surface area contributed by atoms with Gasteiger partial charge >= 0.3 is 0 Å². The van der Waals surface area contributed by atoms with Crippen molar-refractivity contribution in [2.75, 3.05) is 51.0 Å². The van der Waals surface area contributed by atoms with E-state index in [4.69, 9.17) is 4.74 Å². The molecule has 3 nitrogen and oxygen atoms in total. The van der Waals surface area contributed by atoms with E-state index in [1.165, 1.54) is 35.1 Å². The highest BCUT2D eigenvalue weighted by Gasteiger charge is 2.43. The van der Waals surface area contributed by atoms with Crippen LogP contribution >= 0.6 is 22.6 Å². The van der Waals surface area contributed by atoms with Crippen LogP contribution in [-0.4, -0.2) is 66.4 Å². The van der Waals surface area contributed by atoms with E-state index in [2.05, 4.69) is 34.5 Å². The van der Waals surface area contributed by atoms with Crippen molar-refractivity contribution in [3.8, 4) is 0 Å². The Kier molecular flexibility index (Phi) is 5.37. The Bertz CT molecular complexity index is 184. The first kappa shape index (κ1) is 13.4. The zero-order valence-corrected chi connectivity index (χ0v) is 12.9. The summed E-state index contributed by atoms with van der Waals surface area (Å²) in [6.07, 6.45) is 0. The molecule has 0 aromatic carbocycles. The molecule has 0 N–H and O–H groups in total. The lowest BCUT2D eigenvalue weighted by Gasteiger charge is -2.43. The van der Waals surface area contributed by atoms with Crippen LogP contribution in [0.15, 0.2) is 0 Å². The van der Waals surface area contributed by atoms with E-state index in [-0.39, 0.29) is 24.0 Å². The Hall–Kier alpha value is 1.34. The fourth-order valence-electron chi connectivity index (χ4n) is 2.28. The molecule has 84 valence electrons. The number of likely N-dealkylation sites (N-methyl/N-ethyl adjacent to an activating group) is 1. The Morgan fingerprint density at radius 1 is 1.43 bits per heavy atom. The van der Waals surface area contributed by atoms with Crippen molar-refractivity contribution < 1.29 is 33.2 Å². The molecule has 0 saturated carbocycles. The first-order valence-corrected chi connectivity index (χ1v) is 6.47. The SMILES string of the molecule is CN1CC[N+]2(CC1)COCC2CI.[I-]. The fraction of sp³-hybridized carbons (Fsp3) is 1.00. The lowest BCUT2D eigenvalue weighted by atomic mass is 10.2. The summed E-state index contributed by atoms with van der Waals surface area (Å²) in [6.45, 7) is 6.97. The van der Waals surface area contributed by atoms with E-state index >= 15 is 0 Å². The van der Waals surface area contributed by atoms with E-state index in [1.54, 1.807) is 0 Å². The topological polar surface area (TPSA) is 12.5 Å². The number of halogens is 2. The summed E-state index contributed by atoms with van der Waals surface area (Å²) < 4.78 is 8.09. The monoisotopic (exact) mass is 424 g/mol. The number of hydrogen-bond acceptors (Lipinski definition) is 2. The van der Waals surface area contributed by atoms with Gasteiger partial charge in [-0.1, -0.05) is 22.6 Å². The van der Waals surface area contributed by atoms with Crippen LogP contribution in [-0.2, 0) is 4.74 Å². The highest BCUT2D eigenvalue weighted by molar-refractivity contribution is 14.1. The predicted octanol–water partition coefficient (Wildman–Crippen LogP) is -2.46. The second-order valence-corrected chi connectivity index (χ2v) is 5.16. The van der Waals surface area contributed by atoms with Gasteiger partial charge < -0.3 is 28.7 Å². The summed E-state index contributed by atoms with van der Waals surface area (Å²) in [7, 11) is 2.21. The number of rotatable bonds is 1. The molecule has 1 spiro atoms. The van der Waals surface area contributed by atoms with E-state index in [0.29, 0.717) is 0 Å². The average Bonchev–Trinajstić information content (AvgIpc) is 2.54. The third kappa shape index (κ3) is 2.53. The Balaban J connectivity index is 0.000000980. The zero-order valence-electron chi connectivity index (χ0n) is 8.59. The molecule has 1 atom stereocenters. The van der Waals surface area contributed by atoms with Crippen LogP contribution in [0.25, 0.3) is 0 Å². The van der Waals surface area contributed by atoms with Crippen molar-refractivity contribution in [2.45, 2.75) is 6.04 Å². The van der Waals surface area contributed by atoms with Crippen LogP contribution in [0.2, 0.25) is 0 Å². The minimum atomic E-state index is 0. The molecule has 0 bridgehead atoms. The van der Waals surface area contributed by atoms with Crippen molar-refractivity contribution in [3.05, 3.63) is 0 Å². The fourth-order valence-corrected chi connectivity index (χ4v) is 3.37. The largest absolute Gasteiger partial charge is 1.00 e. The third-order valence-corrected chi connectivity index (χ3v) is 4.48. The van der Waals surface area contributed by atoms with Gasteiger partial charge in [0, 0.05) is 13.1 Å². The number of hydrogen-bond donors (Lipinski definition) is 0. The molecule has 0 radical (unpaired) electrons. The molecule has 2 aliphatic rings. The van der Waals surface area contributed by atoms with Gasteiger partial charge in [0.05, 0.1) is 17.5 Å². The summed E-state index contributed by atoms with van der Waals surface area (Å²) in [4.78, 5) is 2.42. The molecule has 2 fully saturated rings. The molecule has 0 aromatic rings. The maximum Gasteiger partial charge on any atom is 0.183 e. The van der Waals surface area contributed by atoms with Gasteiger partial charge in [-0.25, -0.2) is 0 Å². The van der Waals surface area contributed by atoms with Crippen LogP contribution in [0.4, 0.5) is 0 Å². The van der Waals surface area contributed by atoms with Gasteiger partial charge in [-0.05, 0) is 7.05 Å². The zero-order chi connectivity index (χ0) is 9.31. The first-order chi connectivity index (χ1) is 6.27. The lowest BCUT2D eigenvalue weighted by molar-refractivity contribution is -0.947. The molecule has 0 aromatic heterocycles. The standard InChI is InChI=1S/C9H18IN2O.HI/c1-11-2-4-12(5-3-11)8-13-7-9(12)6-10;/h9H,2-8H2,1H3;1H/q+1;/p-1. The van der Waals surface area contributed by atoms with E-state index in [1.807, 2.05) is 0 Å². The Morgan fingerprint density at radius 3 is 2.64 bits per heavy atom. The molecule has 0 amide bonds. The summed E-state index contributed by atoms with van der Waals surface area (Å²) in [5.41, 5.74) is 0. The molecule has 1 unspecified atom stereocenters. The molecule has 2 rings (SSSR count). The second kappa shape index (κ2) is 5.60. The van der Waals surface area contributed by atoms with Crippen molar-refractivity contribution in [1.29, 1.82) is 0 Å². The molecule has 2 aliphatic heterocycles. The van der Waals surface area contributed by atoms with Crippen molar-refractivity contribution in [1.82, 2.24) is 4.90 Å². The molecule has 5 heteroatoms. The number of nitrogens with zero attached hydrogens (tertiary/aromatic N) is 2. The number of alkyl halides is 1. The van der Waals surface area contributed by atoms with E-state index < -0.39 is 0 Å². The first-order valence-electron chi connectivity index (χ1n) is 4.95. The van der Waals surface area contributed by atoms with Gasteiger partial charge in [0.15, 0.2) is 6.73 Å². The van der Waals surface area contributed by atoms with Gasteiger partial charge in [0.25, 0.3) is 0 Å². The molecular weight excluding hydrogens is 406 g/mol. The molecule has 0 aliphatic carbocycles. The van der Waals surface area contributed by atoms with Crippen LogP contribution in [0.1, 0.15) is 0 Å². The Morgan fingerprint density at radius 2 is 2.07 bits per heavy atom. The Labute approximate surface area is 117 Å². The van der Waals surface area contributed by atoms with Crippen LogP contribution < -0.4 is 24.0 Å². The number of piperazine rings is 1. The maximum atomic E-state index is 5.63. The highest BCUT2D eigenvalue weighted by atomic mass is 127. The predicted molar refractivity (Wildman–Crippen MR) is 61.0 cm³/mol. The van der Waals surface area contributed by atoms with E-state index in [0.717, 1.165) is 19.4 Å². The second-order valence-electron chi connectivity index (χ2n) is 4.28. The van der Waals surface area contributed by atoms with Crippen molar-refractivity contribution >= 4 is 22.6 Å². The van der Waals surface area contributed by atoms with Gasteiger partial charge in [-0.15, -0.1) is 0 Å². The lowest BCUT2D eigenvalue weighted by Crippen LogP contribution is -3.00. The summed E-state index contributed by atoms with van der Waals surface area (Å²) in [6, 6.07) is 0.759. The maximum absolute atomic E-state index is 5.63. The quantitative estimate of drug-likeness (QED) is 0.263. The number of quaternary nitrogens is 1. The minimum Gasteiger partial charge on any atom is -1.00 e. The molecule has 14 heavy (non-hydrogen) atoms. The summed E-state index contributed by atoms with van der Waals surface area (Å²) >= 11 is 2.50. The number of ether oxygens (including phenoxy) is 1.